The van der Waals surface area contributed by atoms with Gasteiger partial charge in [0.15, 0.2) is 0 Å². The molecule has 0 heterocycles. The van der Waals surface area contributed by atoms with Gasteiger partial charge < -0.3 is 0 Å². The van der Waals surface area contributed by atoms with E-state index in [0.717, 1.165) is 0 Å². The normalized spacial score (nSPS) is 10.7. The molecule has 0 spiro atoms. The molecule has 0 aliphatic carbocycles. The molecule has 0 unspecified atom stereocenters. The van der Waals surface area contributed by atoms with Gasteiger partial charge in [0.1, 0.15) is 0 Å². The van der Waals surface area contributed by atoms with E-state index in [9.17, 15) is 0 Å². The minimum absolute atomic E-state index is 1.23. The first kappa shape index (κ1) is 7.04. The van der Waals surface area contributed by atoms with Crippen molar-refractivity contribution in [3.63, 3.8) is 0 Å². The van der Waals surface area contributed by atoms with Gasteiger partial charge in [-0.1, -0.05) is 0 Å². The molecule has 0 bridgehead atoms. The van der Waals surface area contributed by atoms with Gasteiger partial charge in [0.25, 0.3) is 0 Å². The molecule has 0 atom stereocenters. The van der Waals surface area contributed by atoms with Crippen molar-refractivity contribution >= 4 is 4.40 Å². The zero-order chi connectivity index (χ0) is 5.70. The van der Waals surface area contributed by atoms with E-state index in [1.807, 2.05) is 13.0 Å². The molecule has 0 fully saturated rings. The Morgan fingerprint density at radius 1 is 1.71 bits per heavy atom. The van der Waals surface area contributed by atoms with Crippen LogP contribution in [0.2, 0.25) is 0 Å². The maximum atomic E-state index is 3.60. The molecule has 38 valence electrons. The fourth-order valence-electron chi connectivity index (χ4n) is 0.175. The van der Waals surface area contributed by atoms with Gasteiger partial charge in [-0.05, 0) is 0 Å². The third-order valence-corrected chi connectivity index (χ3v) is 1.14. The summed E-state index contributed by atoms with van der Waals surface area (Å²) in [5, 5.41) is 0. The van der Waals surface area contributed by atoms with Crippen LogP contribution >= 0.6 is 0 Å². The van der Waals surface area contributed by atoms with E-state index in [0.29, 0.717) is 0 Å². The second kappa shape index (κ2) is 4.20. The number of hydrogen-bond acceptors (Lipinski definition) is 0. The van der Waals surface area contributed by atoms with Crippen molar-refractivity contribution < 1.29 is 19.4 Å². The van der Waals surface area contributed by atoms with Crippen molar-refractivity contribution in [3.05, 3.63) is 24.3 Å². The quantitative estimate of drug-likeness (QED) is 0.662. The zero-order valence-corrected chi connectivity index (χ0v) is 7.28. The van der Waals surface area contributed by atoms with E-state index >= 15 is 0 Å². The Kier molecular flexibility index (Phi) is 4.23. The average Bonchev–Trinajstić information content (AvgIpc) is 1.68. The Bertz CT molecular complexity index is 101. The van der Waals surface area contributed by atoms with Gasteiger partial charge in [-0.15, -0.1) is 0 Å². The van der Waals surface area contributed by atoms with Crippen LogP contribution in [0, 0.1) is 0 Å². The van der Waals surface area contributed by atoms with Crippen LogP contribution in [-0.4, -0.2) is 4.40 Å². The van der Waals surface area contributed by atoms with Crippen LogP contribution in [0.1, 0.15) is 6.92 Å². The van der Waals surface area contributed by atoms with Crippen LogP contribution in [0.15, 0.2) is 24.3 Å². The Balaban J connectivity index is 3.72. The van der Waals surface area contributed by atoms with E-state index in [2.05, 4.69) is 17.1 Å². The van der Waals surface area contributed by atoms with Gasteiger partial charge in [-0.25, -0.2) is 0 Å². The molecule has 0 aromatic carbocycles. The molecule has 0 aromatic rings. The number of hydrogen-bond donors (Lipinski definition) is 0. The molecule has 7 heavy (non-hydrogen) atoms. The average molecular weight is 264 g/mol. The summed E-state index contributed by atoms with van der Waals surface area (Å²) in [5.41, 5.74) is 1.23. The Morgan fingerprint density at radius 3 is 2.43 bits per heavy atom. The summed E-state index contributed by atoms with van der Waals surface area (Å²) in [4.78, 5) is 0. The van der Waals surface area contributed by atoms with E-state index in [1.165, 1.54) is 24.9 Å². The minimum atomic E-state index is 1.23. The first-order valence-corrected chi connectivity index (χ1v) is 3.75. The van der Waals surface area contributed by atoms with Crippen LogP contribution in [0.25, 0.3) is 0 Å². The SMILES string of the molecule is C=CC(C)=C[CH]=[W]. The molecule has 0 saturated carbocycles. The second-order valence-electron chi connectivity index (χ2n) is 1.25. The summed E-state index contributed by atoms with van der Waals surface area (Å²) in [6.07, 6.45) is 3.90. The predicted molar refractivity (Wildman–Crippen MR) is 30.0 cm³/mol. The molecule has 1 heteroatoms. The fraction of sp³-hybridized carbons (Fsp3) is 0.167. The maximum absolute atomic E-state index is 3.60. The van der Waals surface area contributed by atoms with Crippen molar-refractivity contribution in [2.75, 3.05) is 0 Å². The van der Waals surface area contributed by atoms with E-state index in [1.54, 1.807) is 0 Å². The van der Waals surface area contributed by atoms with E-state index in [4.69, 9.17) is 0 Å². The van der Waals surface area contributed by atoms with Crippen molar-refractivity contribution in [2.24, 2.45) is 0 Å². The van der Waals surface area contributed by atoms with Gasteiger partial charge in [0.05, 0.1) is 0 Å². The third kappa shape index (κ3) is 3.88. The predicted octanol–water partition coefficient (Wildman–Crippen LogP) is 1.47. The summed E-state index contributed by atoms with van der Waals surface area (Å²) >= 11 is 1.48. The van der Waals surface area contributed by atoms with Crippen LogP contribution in [0.4, 0.5) is 0 Å². The third-order valence-electron chi connectivity index (χ3n) is 0.653. The molecule has 0 rings (SSSR count). The summed E-state index contributed by atoms with van der Waals surface area (Å²) in [5.74, 6) is 0. The van der Waals surface area contributed by atoms with Crippen molar-refractivity contribution in [1.82, 2.24) is 0 Å². The van der Waals surface area contributed by atoms with Crippen molar-refractivity contribution in [3.8, 4) is 0 Å². The second-order valence-corrected chi connectivity index (χ2v) is 2.23. The fourth-order valence-corrected chi connectivity index (χ4v) is 0.947. The van der Waals surface area contributed by atoms with Crippen molar-refractivity contribution in [1.29, 1.82) is 0 Å². The summed E-state index contributed by atoms with van der Waals surface area (Å²) in [7, 11) is 0. The molecule has 0 saturated heterocycles. The first-order valence-electron chi connectivity index (χ1n) is 2.05. The van der Waals surface area contributed by atoms with Gasteiger partial charge in [-0.2, -0.15) is 0 Å². The first-order chi connectivity index (χ1) is 3.31. The Hall–Kier alpha value is 0.0383. The monoisotopic (exact) mass is 264 g/mol. The zero-order valence-electron chi connectivity index (χ0n) is 4.35. The Morgan fingerprint density at radius 2 is 2.29 bits per heavy atom. The molecule has 0 radical (unpaired) electrons. The summed E-state index contributed by atoms with van der Waals surface area (Å²) in [6.45, 7) is 5.63. The summed E-state index contributed by atoms with van der Waals surface area (Å²) < 4.78 is 2.08. The molecular formula is C6H8W. The molecule has 0 nitrogen and oxygen atoms in total. The Labute approximate surface area is 55.3 Å². The molecular weight excluding hydrogens is 256 g/mol. The standard InChI is InChI=1S/C6H8.W/c1-4-6(3)5-2;/h1,4-5H,2H2,3H3;. The van der Waals surface area contributed by atoms with E-state index in [-0.39, 0.29) is 0 Å². The number of rotatable bonds is 2. The van der Waals surface area contributed by atoms with Crippen LogP contribution < -0.4 is 0 Å². The van der Waals surface area contributed by atoms with Gasteiger partial charge in [-0.3, -0.25) is 0 Å². The van der Waals surface area contributed by atoms with Crippen LogP contribution in [0.5, 0.6) is 0 Å². The van der Waals surface area contributed by atoms with Gasteiger partial charge >= 0.3 is 55.0 Å². The summed E-state index contributed by atoms with van der Waals surface area (Å²) in [6, 6.07) is 0. The van der Waals surface area contributed by atoms with Gasteiger partial charge in [0.2, 0.25) is 0 Å². The van der Waals surface area contributed by atoms with E-state index < -0.39 is 0 Å². The molecule has 0 aliphatic rings. The topological polar surface area (TPSA) is 0 Å². The van der Waals surface area contributed by atoms with Crippen LogP contribution in [0.3, 0.4) is 0 Å². The van der Waals surface area contributed by atoms with Crippen molar-refractivity contribution in [2.45, 2.75) is 6.92 Å². The molecule has 0 N–H and O–H groups in total. The number of allylic oxidation sites excluding steroid dienone is 3. The van der Waals surface area contributed by atoms with Crippen LogP contribution in [-0.2, 0) is 19.4 Å². The molecule has 0 aliphatic heterocycles. The van der Waals surface area contributed by atoms with Gasteiger partial charge in [0, 0.05) is 0 Å². The molecule has 0 amide bonds. The molecule has 0 aromatic heterocycles.